The molecular weight excluding hydrogens is 721 g/mol. The van der Waals surface area contributed by atoms with Crippen molar-refractivity contribution in [1.82, 2.24) is 9.97 Å². The van der Waals surface area contributed by atoms with Crippen molar-refractivity contribution in [3.05, 3.63) is 151 Å². The number of hydrogen-bond acceptors (Lipinski definition) is 3. The summed E-state index contributed by atoms with van der Waals surface area (Å²) in [5.41, 5.74) is 8.11. The fraction of sp³-hybridized carbons (Fsp3) is 0.105. The predicted octanol–water partition coefficient (Wildman–Crippen LogP) is 9.13. The number of pyridine rings is 2. The molecule has 3 heterocycles. The van der Waals surface area contributed by atoms with Crippen LogP contribution in [0.5, 0.6) is 0 Å². The SMILES string of the molecule is C[Si](C)(C)c1ccc(-c2[c-]cccc2)nc1.[Ir].[c-]1ccc2c(oc3ccccc32)c1-c1cc(Cc2ccccc2)ccn1. The van der Waals surface area contributed by atoms with Crippen LogP contribution in [-0.4, -0.2) is 18.0 Å². The Morgan fingerprint density at radius 1 is 0.674 bits per heavy atom. The number of rotatable bonds is 5. The molecule has 1 radical (unpaired) electrons. The van der Waals surface area contributed by atoms with Crippen LogP contribution in [0.15, 0.2) is 132 Å². The van der Waals surface area contributed by atoms with E-state index in [0.29, 0.717) is 0 Å². The van der Waals surface area contributed by atoms with E-state index in [2.05, 4.69) is 102 Å². The van der Waals surface area contributed by atoms with Crippen molar-refractivity contribution in [3.8, 4) is 22.5 Å². The Hall–Kier alpha value is -4.15. The number of hydrogen-bond donors (Lipinski definition) is 0. The van der Waals surface area contributed by atoms with Crippen molar-refractivity contribution in [2.45, 2.75) is 26.1 Å². The Kier molecular flexibility index (Phi) is 9.47. The van der Waals surface area contributed by atoms with Crippen LogP contribution in [0.25, 0.3) is 44.5 Å². The standard InChI is InChI=1S/C24H16NO.C14H16NSi.Ir/c1-2-7-17(8-3-1)15-18-13-14-25-22(16-18)21-11-6-10-20-19-9-4-5-12-23(19)26-24(20)21;1-16(2,3)13-9-10-14(15-11-13)12-7-5-4-6-8-12;/h1-10,12-14,16H,15H2;4-7,9-11H,1-3H3;/q2*-1;. The fourth-order valence-corrected chi connectivity index (χ4v) is 6.02. The fourth-order valence-electron chi connectivity index (χ4n) is 4.98. The molecule has 0 saturated heterocycles. The van der Waals surface area contributed by atoms with Crippen molar-refractivity contribution < 1.29 is 24.5 Å². The number of benzene rings is 4. The van der Waals surface area contributed by atoms with Gasteiger partial charge in [0.2, 0.25) is 0 Å². The van der Waals surface area contributed by atoms with Crippen molar-refractivity contribution in [2.75, 3.05) is 0 Å². The van der Waals surface area contributed by atoms with Gasteiger partial charge in [0.1, 0.15) is 5.58 Å². The van der Waals surface area contributed by atoms with E-state index in [9.17, 15) is 0 Å². The molecule has 3 aromatic heterocycles. The summed E-state index contributed by atoms with van der Waals surface area (Å²) in [5, 5.41) is 3.62. The second-order valence-corrected chi connectivity index (χ2v) is 16.4. The van der Waals surface area contributed by atoms with Crippen LogP contribution in [0.1, 0.15) is 11.1 Å². The van der Waals surface area contributed by atoms with Gasteiger partial charge in [0.05, 0.1) is 13.7 Å². The third kappa shape index (κ3) is 7.09. The molecule has 5 heteroatoms. The summed E-state index contributed by atoms with van der Waals surface area (Å²) in [6, 6.07) is 45.5. The van der Waals surface area contributed by atoms with Gasteiger partial charge in [-0.15, -0.1) is 54.1 Å². The molecule has 0 atom stereocenters. The largest absolute Gasteiger partial charge is 0.501 e. The van der Waals surface area contributed by atoms with Gasteiger partial charge in [0.25, 0.3) is 0 Å². The van der Waals surface area contributed by atoms with E-state index in [4.69, 9.17) is 4.42 Å². The van der Waals surface area contributed by atoms with Gasteiger partial charge in [-0.1, -0.05) is 97.3 Å². The molecule has 0 aliphatic rings. The van der Waals surface area contributed by atoms with E-state index in [-0.39, 0.29) is 20.1 Å². The topological polar surface area (TPSA) is 38.9 Å². The van der Waals surface area contributed by atoms with Gasteiger partial charge in [-0.05, 0) is 46.3 Å². The molecule has 3 nitrogen and oxygen atoms in total. The van der Waals surface area contributed by atoms with Crippen molar-refractivity contribution in [3.63, 3.8) is 0 Å². The van der Waals surface area contributed by atoms with Crippen LogP contribution in [0, 0.1) is 12.1 Å². The molecule has 0 unspecified atom stereocenters. The molecule has 43 heavy (non-hydrogen) atoms. The maximum atomic E-state index is 6.12. The quantitative estimate of drug-likeness (QED) is 0.130. The molecule has 7 rings (SSSR count). The molecule has 4 aromatic carbocycles. The van der Waals surface area contributed by atoms with Gasteiger partial charge < -0.3 is 14.4 Å². The minimum absolute atomic E-state index is 0. The molecule has 0 spiro atoms. The number of nitrogens with zero attached hydrogens (tertiary/aromatic N) is 2. The zero-order valence-electron chi connectivity index (χ0n) is 24.5. The average molecular weight is 753 g/mol. The Balaban J connectivity index is 0.000000188. The Labute approximate surface area is 268 Å². The van der Waals surface area contributed by atoms with Crippen LogP contribution >= 0.6 is 0 Å². The summed E-state index contributed by atoms with van der Waals surface area (Å²) in [6.45, 7) is 7.00. The number of furan rings is 1. The average Bonchev–Trinajstić information content (AvgIpc) is 3.41. The van der Waals surface area contributed by atoms with Crippen LogP contribution in [0.3, 0.4) is 0 Å². The summed E-state index contributed by atoms with van der Waals surface area (Å²) in [6.07, 6.45) is 4.76. The second kappa shape index (κ2) is 13.4. The number of para-hydroxylation sites is 1. The van der Waals surface area contributed by atoms with Gasteiger partial charge in [-0.2, -0.15) is 0 Å². The van der Waals surface area contributed by atoms with E-state index in [0.717, 1.165) is 50.9 Å². The van der Waals surface area contributed by atoms with E-state index in [1.807, 2.05) is 67.0 Å². The molecule has 0 saturated carbocycles. The van der Waals surface area contributed by atoms with Crippen molar-refractivity contribution in [2.24, 2.45) is 0 Å². The maximum absolute atomic E-state index is 6.12. The first-order valence-corrected chi connectivity index (χ1v) is 17.7. The molecule has 0 bridgehead atoms. The normalized spacial score (nSPS) is 11.0. The van der Waals surface area contributed by atoms with E-state index in [1.54, 1.807) is 0 Å². The molecule has 0 N–H and O–H groups in total. The smallest absolute Gasteiger partial charge is 0.120 e. The number of aromatic nitrogens is 2. The van der Waals surface area contributed by atoms with Crippen molar-refractivity contribution >= 4 is 35.2 Å². The first-order valence-electron chi connectivity index (χ1n) is 14.2. The molecule has 0 fully saturated rings. The third-order valence-electron chi connectivity index (χ3n) is 7.28. The van der Waals surface area contributed by atoms with Gasteiger partial charge in [0.15, 0.2) is 0 Å². The van der Waals surface area contributed by atoms with E-state index in [1.165, 1.54) is 16.3 Å². The van der Waals surface area contributed by atoms with Crippen LogP contribution < -0.4 is 5.19 Å². The molecule has 215 valence electrons. The van der Waals surface area contributed by atoms with E-state index < -0.39 is 8.07 Å². The summed E-state index contributed by atoms with van der Waals surface area (Å²) >= 11 is 0. The van der Waals surface area contributed by atoms with Gasteiger partial charge in [-0.25, -0.2) is 0 Å². The minimum Gasteiger partial charge on any atom is -0.501 e. The Morgan fingerprint density at radius 2 is 1.47 bits per heavy atom. The summed E-state index contributed by atoms with van der Waals surface area (Å²) in [5.74, 6) is 0. The Bertz CT molecular complexity index is 1930. The summed E-state index contributed by atoms with van der Waals surface area (Å²) < 4.78 is 6.12. The first-order chi connectivity index (χ1) is 20.5. The van der Waals surface area contributed by atoms with Gasteiger partial charge in [0, 0.05) is 37.9 Å². The number of fused-ring (bicyclic) bond motifs is 3. The zero-order valence-corrected chi connectivity index (χ0v) is 27.9. The minimum atomic E-state index is -1.23. The first kappa shape index (κ1) is 30.3. The molecule has 7 aromatic rings. The van der Waals surface area contributed by atoms with E-state index >= 15 is 0 Å². The predicted molar refractivity (Wildman–Crippen MR) is 177 cm³/mol. The summed E-state index contributed by atoms with van der Waals surface area (Å²) in [4.78, 5) is 9.10. The van der Waals surface area contributed by atoms with Crippen LogP contribution in [0.4, 0.5) is 0 Å². The van der Waals surface area contributed by atoms with Gasteiger partial charge in [-0.3, -0.25) is 0 Å². The van der Waals surface area contributed by atoms with Gasteiger partial charge >= 0.3 is 0 Å². The zero-order chi connectivity index (χ0) is 28.9. The summed E-state index contributed by atoms with van der Waals surface area (Å²) in [7, 11) is -1.23. The maximum Gasteiger partial charge on any atom is 0.120 e. The monoisotopic (exact) mass is 753 g/mol. The molecule has 0 amide bonds. The molecule has 0 aliphatic carbocycles. The van der Waals surface area contributed by atoms with Crippen molar-refractivity contribution in [1.29, 1.82) is 0 Å². The molecular formula is C38H32IrN2OSi-2. The van der Waals surface area contributed by atoms with Crippen LogP contribution in [-0.2, 0) is 26.5 Å². The Morgan fingerprint density at radius 3 is 2.21 bits per heavy atom. The second-order valence-electron chi connectivity index (χ2n) is 11.4. The van der Waals surface area contributed by atoms with Crippen LogP contribution in [0.2, 0.25) is 19.6 Å². The molecule has 0 aliphatic heterocycles. The third-order valence-corrected chi connectivity index (χ3v) is 9.31.